The highest BCUT2D eigenvalue weighted by Crippen LogP contribution is 2.31. The molecule has 1 rings (SSSR count). The molecule has 2 unspecified atom stereocenters. The van der Waals surface area contributed by atoms with Crippen molar-refractivity contribution in [2.45, 2.75) is 19.3 Å². The van der Waals surface area contributed by atoms with E-state index in [1.165, 1.54) is 0 Å². The van der Waals surface area contributed by atoms with Crippen LogP contribution in [0.5, 0.6) is 0 Å². The van der Waals surface area contributed by atoms with Gasteiger partial charge in [-0.15, -0.1) is 0 Å². The Labute approximate surface area is 84.8 Å². The van der Waals surface area contributed by atoms with Crippen LogP contribution in [-0.2, 0) is 9.59 Å². The van der Waals surface area contributed by atoms with E-state index in [1.807, 2.05) is 0 Å². The van der Waals surface area contributed by atoms with Gasteiger partial charge in [0.2, 0.25) is 11.8 Å². The summed E-state index contributed by atoms with van der Waals surface area (Å²) < 4.78 is 2.52. The van der Waals surface area contributed by atoms with Gasteiger partial charge in [-0.25, -0.2) is 0 Å². The normalized spacial score (nSPS) is 28.4. The number of nitrogens with one attached hydrogen (secondary N) is 1. The molecule has 0 heterocycles. The highest BCUT2D eigenvalue weighted by Gasteiger charge is 2.36. The maximum absolute atomic E-state index is 11.2. The molecule has 2 atom stereocenters. The van der Waals surface area contributed by atoms with E-state index >= 15 is 0 Å². The van der Waals surface area contributed by atoms with Crippen LogP contribution in [-0.4, -0.2) is 11.8 Å². The molecular weight excluding hydrogens is 271 g/mol. The second kappa shape index (κ2) is 4.06. The van der Waals surface area contributed by atoms with Crippen molar-refractivity contribution in [1.29, 1.82) is 0 Å². The fourth-order valence-electron chi connectivity index (χ4n) is 1.68. The number of hydrogen-bond donors (Lipinski definition) is 2. The third kappa shape index (κ3) is 1.88. The van der Waals surface area contributed by atoms with Crippen LogP contribution in [0.15, 0.2) is 0 Å². The van der Waals surface area contributed by atoms with Crippen molar-refractivity contribution in [2.75, 3.05) is 0 Å². The van der Waals surface area contributed by atoms with Gasteiger partial charge in [0.1, 0.15) is 0 Å². The fourth-order valence-corrected chi connectivity index (χ4v) is 2.08. The van der Waals surface area contributed by atoms with Gasteiger partial charge in [-0.2, -0.15) is 0 Å². The monoisotopic (exact) mass is 282 g/mol. The number of primary amides is 1. The highest BCUT2D eigenvalue weighted by molar-refractivity contribution is 14.1. The molecule has 12 heavy (non-hydrogen) atoms. The van der Waals surface area contributed by atoms with Crippen molar-refractivity contribution >= 4 is 34.7 Å². The molecule has 5 heteroatoms. The van der Waals surface area contributed by atoms with Crippen LogP contribution >= 0.6 is 22.9 Å². The van der Waals surface area contributed by atoms with Crippen LogP contribution in [0.25, 0.3) is 0 Å². The molecule has 0 aromatic carbocycles. The van der Waals surface area contributed by atoms with Gasteiger partial charge < -0.3 is 5.73 Å². The SMILES string of the molecule is NC(=O)C1CCCC1C(=O)NI. The van der Waals surface area contributed by atoms with Crippen molar-refractivity contribution in [1.82, 2.24) is 3.53 Å². The Balaban J connectivity index is 2.63. The van der Waals surface area contributed by atoms with Crippen LogP contribution < -0.4 is 9.26 Å². The third-order valence-electron chi connectivity index (χ3n) is 2.31. The molecular formula is C7H11IN2O2. The average Bonchev–Trinajstić information content (AvgIpc) is 2.50. The van der Waals surface area contributed by atoms with E-state index in [1.54, 1.807) is 22.9 Å². The van der Waals surface area contributed by atoms with Crippen LogP contribution in [0.1, 0.15) is 19.3 Å². The van der Waals surface area contributed by atoms with Gasteiger partial charge in [-0.05, 0) is 12.8 Å². The summed E-state index contributed by atoms with van der Waals surface area (Å²) in [6.45, 7) is 0. The van der Waals surface area contributed by atoms with Crippen molar-refractivity contribution in [2.24, 2.45) is 17.6 Å². The number of amides is 2. The zero-order chi connectivity index (χ0) is 9.14. The second-order valence-corrected chi connectivity index (χ2v) is 3.54. The molecule has 0 bridgehead atoms. The number of rotatable bonds is 2. The fraction of sp³-hybridized carbons (Fsp3) is 0.714. The van der Waals surface area contributed by atoms with Crippen LogP contribution in [0.3, 0.4) is 0 Å². The number of halogens is 1. The van der Waals surface area contributed by atoms with Crippen molar-refractivity contribution in [3.05, 3.63) is 0 Å². The van der Waals surface area contributed by atoms with Gasteiger partial charge >= 0.3 is 0 Å². The Bertz CT molecular complexity index is 208. The number of carbonyl (C=O) groups excluding carboxylic acids is 2. The molecule has 68 valence electrons. The van der Waals surface area contributed by atoms with Gasteiger partial charge in [-0.1, -0.05) is 6.42 Å². The topological polar surface area (TPSA) is 72.2 Å². The Morgan fingerprint density at radius 3 is 2.42 bits per heavy atom. The number of carbonyl (C=O) groups is 2. The zero-order valence-corrected chi connectivity index (χ0v) is 8.71. The summed E-state index contributed by atoms with van der Waals surface area (Å²) in [5, 5.41) is 0. The smallest absolute Gasteiger partial charge is 0.232 e. The Morgan fingerprint density at radius 2 is 1.92 bits per heavy atom. The molecule has 4 nitrogen and oxygen atoms in total. The number of hydrogen-bond acceptors (Lipinski definition) is 2. The van der Waals surface area contributed by atoms with E-state index in [4.69, 9.17) is 5.73 Å². The first-order valence-electron chi connectivity index (χ1n) is 3.86. The molecule has 0 aromatic rings. The molecule has 1 aliphatic rings. The van der Waals surface area contributed by atoms with Crippen molar-refractivity contribution < 1.29 is 9.59 Å². The summed E-state index contributed by atoms with van der Waals surface area (Å²) in [5.74, 6) is -0.867. The van der Waals surface area contributed by atoms with E-state index in [2.05, 4.69) is 3.53 Å². The zero-order valence-electron chi connectivity index (χ0n) is 6.55. The largest absolute Gasteiger partial charge is 0.369 e. The van der Waals surface area contributed by atoms with Gasteiger partial charge in [0.25, 0.3) is 0 Å². The van der Waals surface area contributed by atoms with Crippen molar-refractivity contribution in [3.63, 3.8) is 0 Å². The Kier molecular flexibility index (Phi) is 3.30. The minimum absolute atomic E-state index is 0.0723. The van der Waals surface area contributed by atoms with E-state index in [9.17, 15) is 9.59 Å². The lowest BCUT2D eigenvalue weighted by Gasteiger charge is -2.13. The van der Waals surface area contributed by atoms with E-state index in [0.717, 1.165) is 19.3 Å². The lowest BCUT2D eigenvalue weighted by atomic mass is 9.95. The molecule has 3 N–H and O–H groups in total. The average molecular weight is 282 g/mol. The van der Waals surface area contributed by atoms with Crippen LogP contribution in [0.4, 0.5) is 0 Å². The molecule has 1 aliphatic carbocycles. The molecule has 0 aromatic heterocycles. The quantitative estimate of drug-likeness (QED) is 0.567. The van der Waals surface area contributed by atoms with E-state index in [-0.39, 0.29) is 23.7 Å². The standard InChI is InChI=1S/C7H11IN2O2/c8-10-7(12)5-3-1-2-4(5)6(9)11/h4-5H,1-3H2,(H2,9,11)(H,10,12). The molecule has 2 amide bonds. The van der Waals surface area contributed by atoms with E-state index < -0.39 is 0 Å². The summed E-state index contributed by atoms with van der Waals surface area (Å²) in [4.78, 5) is 22.1. The second-order valence-electron chi connectivity index (χ2n) is 3.01. The molecule has 0 aliphatic heterocycles. The first-order valence-corrected chi connectivity index (χ1v) is 4.94. The Morgan fingerprint density at radius 1 is 1.33 bits per heavy atom. The minimum Gasteiger partial charge on any atom is -0.369 e. The first-order chi connectivity index (χ1) is 5.66. The Hall–Kier alpha value is -0.330. The van der Waals surface area contributed by atoms with Crippen LogP contribution in [0.2, 0.25) is 0 Å². The maximum atomic E-state index is 11.2. The van der Waals surface area contributed by atoms with E-state index in [0.29, 0.717) is 0 Å². The predicted octanol–water partition coefficient (Wildman–Crippen LogP) is 0.354. The summed E-state index contributed by atoms with van der Waals surface area (Å²) in [5.41, 5.74) is 5.16. The molecule has 1 saturated carbocycles. The summed E-state index contributed by atoms with van der Waals surface area (Å²) in [6.07, 6.45) is 2.45. The van der Waals surface area contributed by atoms with Gasteiger partial charge in [-0.3, -0.25) is 13.1 Å². The van der Waals surface area contributed by atoms with Gasteiger partial charge in [0.05, 0.1) is 28.8 Å². The van der Waals surface area contributed by atoms with Crippen molar-refractivity contribution in [3.8, 4) is 0 Å². The predicted molar refractivity (Wildman–Crippen MR) is 52.2 cm³/mol. The van der Waals surface area contributed by atoms with Gasteiger partial charge in [0.15, 0.2) is 0 Å². The van der Waals surface area contributed by atoms with Crippen LogP contribution in [0, 0.1) is 11.8 Å². The number of nitrogens with two attached hydrogens (primary N) is 1. The summed E-state index contributed by atoms with van der Waals surface area (Å²) in [6, 6.07) is 0. The molecule has 0 radical (unpaired) electrons. The lowest BCUT2D eigenvalue weighted by Crippen LogP contribution is -2.34. The maximum Gasteiger partial charge on any atom is 0.232 e. The third-order valence-corrected chi connectivity index (χ3v) is 2.84. The minimum atomic E-state index is -0.350. The molecule has 0 spiro atoms. The van der Waals surface area contributed by atoms with Gasteiger partial charge in [0, 0.05) is 5.92 Å². The summed E-state index contributed by atoms with van der Waals surface area (Å²) >= 11 is 1.78. The molecule has 1 fully saturated rings. The first kappa shape index (κ1) is 9.76. The lowest BCUT2D eigenvalue weighted by molar-refractivity contribution is -0.130. The molecule has 0 saturated heterocycles. The summed E-state index contributed by atoms with van der Waals surface area (Å²) in [7, 11) is 0. The highest BCUT2D eigenvalue weighted by atomic mass is 127.